The van der Waals surface area contributed by atoms with Crippen LogP contribution in [0.1, 0.15) is 0 Å². The van der Waals surface area contributed by atoms with Crippen LogP contribution in [0.2, 0.25) is 0 Å². The molecule has 0 amide bonds. The highest BCUT2D eigenvalue weighted by Crippen LogP contribution is 2.16. The lowest BCUT2D eigenvalue weighted by atomic mass is 10.4. The molecule has 0 spiro atoms. The van der Waals surface area contributed by atoms with E-state index in [1.807, 2.05) is 6.07 Å². The Labute approximate surface area is 98.2 Å². The molecule has 0 aliphatic rings. The Morgan fingerprint density at radius 1 is 1.47 bits per heavy atom. The van der Waals surface area contributed by atoms with E-state index in [2.05, 4.69) is 20.5 Å². The van der Waals surface area contributed by atoms with Gasteiger partial charge in [-0.3, -0.25) is 0 Å². The summed E-state index contributed by atoms with van der Waals surface area (Å²) in [6.07, 6.45) is 2.92. The Balaban J connectivity index is 1.95. The highest BCUT2D eigenvalue weighted by atomic mass is 32.2. The summed E-state index contributed by atoms with van der Waals surface area (Å²) < 4.78 is 27.1. The number of nitrogens with one attached hydrogen (secondary N) is 2. The Morgan fingerprint density at radius 3 is 2.94 bits per heavy atom. The monoisotopic (exact) mass is 256 g/mol. The second-order valence-corrected chi connectivity index (χ2v) is 5.81. The molecule has 8 heteroatoms. The fourth-order valence-electron chi connectivity index (χ4n) is 1.21. The predicted octanol–water partition coefficient (Wildman–Crippen LogP) is 0.521. The van der Waals surface area contributed by atoms with Crippen LogP contribution in [0.25, 0.3) is 11.6 Å². The fraction of sp³-hybridized carbons (Fsp3) is 0.333. The highest BCUT2D eigenvalue weighted by molar-refractivity contribution is 7.90. The van der Waals surface area contributed by atoms with Gasteiger partial charge in [0, 0.05) is 19.0 Å². The van der Waals surface area contributed by atoms with Crippen molar-refractivity contribution in [1.82, 2.24) is 15.2 Å². The summed E-state index contributed by atoms with van der Waals surface area (Å²) in [5.74, 6) is 0.379. The lowest BCUT2D eigenvalue weighted by molar-refractivity contribution is 0.579. The Bertz CT molecular complexity index is 573. The molecule has 2 heterocycles. The largest absolute Gasteiger partial charge is 0.402 e. The van der Waals surface area contributed by atoms with E-state index in [4.69, 9.17) is 4.42 Å². The van der Waals surface area contributed by atoms with Crippen LogP contribution in [0, 0.1) is 0 Å². The molecular formula is C9H12N4O3S. The first-order valence-electron chi connectivity index (χ1n) is 4.93. The van der Waals surface area contributed by atoms with Crippen molar-refractivity contribution >= 4 is 15.9 Å². The first-order chi connectivity index (χ1) is 8.04. The molecule has 0 aliphatic heterocycles. The first kappa shape index (κ1) is 11.6. The molecule has 0 radical (unpaired) electrons. The maximum atomic E-state index is 10.9. The molecule has 7 nitrogen and oxygen atoms in total. The van der Waals surface area contributed by atoms with Crippen LogP contribution >= 0.6 is 0 Å². The molecule has 0 aromatic carbocycles. The third-order valence-electron chi connectivity index (χ3n) is 2.00. The number of H-pyrrole nitrogens is 1. The molecule has 2 N–H and O–H groups in total. The van der Waals surface area contributed by atoms with E-state index in [1.165, 1.54) is 6.26 Å². The lowest BCUT2D eigenvalue weighted by Gasteiger charge is -1.98. The molecule has 17 heavy (non-hydrogen) atoms. The quantitative estimate of drug-likeness (QED) is 0.808. The average molecular weight is 256 g/mol. The van der Waals surface area contributed by atoms with E-state index in [-0.39, 0.29) is 18.3 Å². The highest BCUT2D eigenvalue weighted by Gasteiger charge is 2.09. The minimum atomic E-state index is -2.99. The number of hydrogen-bond donors (Lipinski definition) is 2. The smallest absolute Gasteiger partial charge is 0.315 e. The normalized spacial score (nSPS) is 11.6. The molecule has 0 atom stereocenters. The van der Waals surface area contributed by atoms with E-state index in [0.29, 0.717) is 11.6 Å². The van der Waals surface area contributed by atoms with Crippen LogP contribution in [0.15, 0.2) is 22.7 Å². The van der Waals surface area contributed by atoms with Crippen molar-refractivity contribution in [2.24, 2.45) is 0 Å². The molecule has 2 rings (SSSR count). The Kier molecular flexibility index (Phi) is 3.14. The summed E-state index contributed by atoms with van der Waals surface area (Å²) >= 11 is 0. The summed E-state index contributed by atoms with van der Waals surface area (Å²) in [4.78, 5) is 2.93. The summed E-state index contributed by atoms with van der Waals surface area (Å²) in [6, 6.07) is 3.82. The zero-order valence-electron chi connectivity index (χ0n) is 9.17. The van der Waals surface area contributed by atoms with E-state index in [9.17, 15) is 8.42 Å². The van der Waals surface area contributed by atoms with Crippen LogP contribution < -0.4 is 5.32 Å². The molecular weight excluding hydrogens is 244 g/mol. The summed E-state index contributed by atoms with van der Waals surface area (Å²) in [6.45, 7) is 0.241. The maximum absolute atomic E-state index is 10.9. The average Bonchev–Trinajstić information content (AvgIpc) is 2.83. The second kappa shape index (κ2) is 4.58. The van der Waals surface area contributed by atoms with Gasteiger partial charge in [-0.05, 0) is 12.1 Å². The molecule has 0 saturated carbocycles. The Morgan fingerprint density at radius 2 is 2.29 bits per heavy atom. The lowest BCUT2D eigenvalue weighted by Crippen LogP contribution is -2.14. The second-order valence-electron chi connectivity index (χ2n) is 3.55. The molecule has 0 saturated heterocycles. The number of sulfone groups is 1. The zero-order chi connectivity index (χ0) is 12.3. The van der Waals surface area contributed by atoms with Crippen LogP contribution in [-0.4, -0.2) is 42.2 Å². The van der Waals surface area contributed by atoms with Gasteiger partial charge in [0.25, 0.3) is 5.89 Å². The molecule has 0 aliphatic carbocycles. The van der Waals surface area contributed by atoms with Gasteiger partial charge in [-0.25, -0.2) is 8.42 Å². The third-order valence-corrected chi connectivity index (χ3v) is 2.95. The van der Waals surface area contributed by atoms with Gasteiger partial charge in [0.1, 0.15) is 15.5 Å². The molecule has 0 bridgehead atoms. The maximum Gasteiger partial charge on any atom is 0.315 e. The SMILES string of the molecule is CS(=O)(=O)CCNc1nnc(-c2ccc[nH]2)o1. The standard InChI is InChI=1S/C9H12N4O3S/c1-17(14,15)6-5-11-9-13-12-8(16-9)7-3-2-4-10-7/h2-4,10H,5-6H2,1H3,(H,11,13). The van der Waals surface area contributed by atoms with Gasteiger partial charge in [-0.1, -0.05) is 5.10 Å². The van der Waals surface area contributed by atoms with Gasteiger partial charge in [0.15, 0.2) is 0 Å². The van der Waals surface area contributed by atoms with Crippen molar-refractivity contribution in [3.63, 3.8) is 0 Å². The van der Waals surface area contributed by atoms with E-state index >= 15 is 0 Å². The number of hydrogen-bond acceptors (Lipinski definition) is 6. The van der Waals surface area contributed by atoms with Gasteiger partial charge >= 0.3 is 6.01 Å². The van der Waals surface area contributed by atoms with Crippen molar-refractivity contribution in [3.05, 3.63) is 18.3 Å². The molecule has 0 unspecified atom stereocenters. The molecule has 92 valence electrons. The first-order valence-corrected chi connectivity index (χ1v) is 6.99. The summed E-state index contributed by atoms with van der Waals surface area (Å²) in [5, 5.41) is 10.3. The zero-order valence-corrected chi connectivity index (χ0v) is 9.99. The number of aromatic amines is 1. The predicted molar refractivity (Wildman–Crippen MR) is 62.3 cm³/mol. The molecule has 0 fully saturated rings. The van der Waals surface area contributed by atoms with Crippen molar-refractivity contribution in [2.75, 3.05) is 23.9 Å². The summed E-state index contributed by atoms with van der Waals surface area (Å²) in [5.41, 5.74) is 0.716. The van der Waals surface area contributed by atoms with E-state index in [0.717, 1.165) is 0 Å². The van der Waals surface area contributed by atoms with Gasteiger partial charge in [-0.2, -0.15) is 0 Å². The fourth-order valence-corrected chi connectivity index (χ4v) is 1.68. The van der Waals surface area contributed by atoms with Crippen molar-refractivity contribution in [1.29, 1.82) is 0 Å². The minimum absolute atomic E-state index is 0.0210. The number of nitrogens with zero attached hydrogens (tertiary/aromatic N) is 2. The summed E-state index contributed by atoms with van der Waals surface area (Å²) in [7, 11) is -2.99. The van der Waals surface area contributed by atoms with Crippen LogP contribution in [0.4, 0.5) is 6.01 Å². The number of rotatable bonds is 5. The van der Waals surface area contributed by atoms with Crippen molar-refractivity contribution in [2.45, 2.75) is 0 Å². The number of anilines is 1. The van der Waals surface area contributed by atoms with Gasteiger partial charge in [-0.15, -0.1) is 5.10 Å². The van der Waals surface area contributed by atoms with Crippen LogP contribution in [0.5, 0.6) is 0 Å². The minimum Gasteiger partial charge on any atom is -0.402 e. The van der Waals surface area contributed by atoms with Gasteiger partial charge in [0.05, 0.1) is 5.75 Å². The van der Waals surface area contributed by atoms with Crippen LogP contribution in [0.3, 0.4) is 0 Å². The van der Waals surface area contributed by atoms with E-state index < -0.39 is 9.84 Å². The van der Waals surface area contributed by atoms with Gasteiger partial charge < -0.3 is 14.7 Å². The number of aromatic nitrogens is 3. The Hall–Kier alpha value is -1.83. The van der Waals surface area contributed by atoms with Crippen molar-refractivity contribution < 1.29 is 12.8 Å². The molecule has 2 aromatic heterocycles. The van der Waals surface area contributed by atoms with E-state index in [1.54, 1.807) is 12.3 Å². The van der Waals surface area contributed by atoms with Crippen molar-refractivity contribution in [3.8, 4) is 11.6 Å². The van der Waals surface area contributed by atoms with Crippen LogP contribution in [-0.2, 0) is 9.84 Å². The van der Waals surface area contributed by atoms with Gasteiger partial charge in [0.2, 0.25) is 0 Å². The molecule has 2 aromatic rings. The topological polar surface area (TPSA) is 101 Å². The third kappa shape index (κ3) is 3.31.